The van der Waals surface area contributed by atoms with E-state index in [9.17, 15) is 24.6 Å². The van der Waals surface area contributed by atoms with Crippen LogP contribution in [-0.2, 0) is 14.4 Å². The Morgan fingerprint density at radius 3 is 2.29 bits per heavy atom. The minimum Gasteiger partial charge on any atom is -0.507 e. The number of benzene rings is 2. The number of fused-ring (bicyclic) bond motifs is 1. The number of imide groups is 1. The van der Waals surface area contributed by atoms with Gasteiger partial charge >= 0.3 is 5.97 Å². The molecule has 10 heteroatoms. The van der Waals surface area contributed by atoms with Gasteiger partial charge in [-0.25, -0.2) is 4.90 Å². The molecule has 2 saturated heterocycles. The third-order valence-electron chi connectivity index (χ3n) is 6.64. The fourth-order valence-corrected chi connectivity index (χ4v) is 5.49. The lowest BCUT2D eigenvalue weighted by molar-refractivity contribution is -0.148. The molecule has 180 valence electrons. The Hall–Kier alpha value is -3.24. The van der Waals surface area contributed by atoms with Crippen LogP contribution in [0.3, 0.4) is 0 Å². The van der Waals surface area contributed by atoms with Crippen molar-refractivity contribution in [2.45, 2.75) is 18.0 Å². The van der Waals surface area contributed by atoms with Crippen LogP contribution in [0.25, 0.3) is 0 Å². The number of nitrogens with zero attached hydrogens (tertiary/aromatic N) is 1. The molecule has 4 atom stereocenters. The normalized spacial score (nSPS) is 26.0. The smallest absolute Gasteiger partial charge is 0.324 e. The van der Waals surface area contributed by atoms with Gasteiger partial charge in [-0.1, -0.05) is 6.07 Å². The first-order valence-electron chi connectivity index (χ1n) is 10.7. The predicted octanol–water partition coefficient (Wildman–Crippen LogP) is 2.44. The summed E-state index contributed by atoms with van der Waals surface area (Å²) in [6.45, 7) is 0. The highest BCUT2D eigenvalue weighted by Gasteiger charge is 2.68. The summed E-state index contributed by atoms with van der Waals surface area (Å²) in [5.41, 5.74) is -0.994. The number of phenols is 1. The summed E-state index contributed by atoms with van der Waals surface area (Å²) in [5, 5.41) is 24.1. The Morgan fingerprint density at radius 1 is 1.09 bits per heavy atom. The van der Waals surface area contributed by atoms with Crippen LogP contribution in [0.1, 0.15) is 18.0 Å². The third-order valence-corrected chi connectivity index (χ3v) is 7.25. The molecule has 0 unspecified atom stereocenters. The van der Waals surface area contributed by atoms with E-state index in [-0.39, 0.29) is 12.2 Å². The average molecular weight is 487 g/mol. The Labute approximate surface area is 201 Å². The maximum Gasteiger partial charge on any atom is 0.324 e. The molecular weight excluding hydrogens is 460 g/mol. The van der Waals surface area contributed by atoms with Crippen molar-refractivity contribution in [2.75, 3.05) is 31.1 Å². The number of hydrogen-bond donors (Lipinski definition) is 3. The van der Waals surface area contributed by atoms with Crippen molar-refractivity contribution in [2.24, 2.45) is 11.8 Å². The number of aromatic hydroxyl groups is 1. The summed E-state index contributed by atoms with van der Waals surface area (Å²) in [6.07, 6.45) is 1.98. The van der Waals surface area contributed by atoms with Crippen molar-refractivity contribution in [1.29, 1.82) is 0 Å². The number of amides is 2. The number of carbonyl (C=O) groups excluding carboxylic acids is 2. The zero-order valence-electron chi connectivity index (χ0n) is 19.0. The first-order valence-corrected chi connectivity index (χ1v) is 12.1. The Balaban J connectivity index is 1.84. The zero-order valence-corrected chi connectivity index (χ0v) is 19.8. The lowest BCUT2D eigenvalue weighted by Crippen LogP contribution is -2.56. The van der Waals surface area contributed by atoms with Gasteiger partial charge in [-0.15, -0.1) is 0 Å². The molecule has 0 bridgehead atoms. The van der Waals surface area contributed by atoms with Gasteiger partial charge in [-0.05, 0) is 48.8 Å². The SMILES string of the molecule is COc1ccc(N2C(=O)[C@@H]3[C@H](c4ccc(OC)cc4O)N[C@@](CCSC)(C(=O)O)[C@H]3C2=O)cc1. The minimum atomic E-state index is -1.67. The van der Waals surface area contributed by atoms with E-state index in [0.717, 1.165) is 4.90 Å². The highest BCUT2D eigenvalue weighted by Crippen LogP contribution is 2.52. The second-order valence-corrected chi connectivity index (χ2v) is 9.27. The van der Waals surface area contributed by atoms with E-state index in [1.165, 1.54) is 32.0 Å². The number of carbonyl (C=O) groups is 3. The van der Waals surface area contributed by atoms with Crippen LogP contribution in [0.4, 0.5) is 5.69 Å². The largest absolute Gasteiger partial charge is 0.507 e. The Morgan fingerprint density at radius 2 is 1.74 bits per heavy atom. The van der Waals surface area contributed by atoms with E-state index in [1.54, 1.807) is 36.4 Å². The number of hydrogen-bond acceptors (Lipinski definition) is 8. The number of carboxylic acids is 1. The predicted molar refractivity (Wildman–Crippen MR) is 126 cm³/mol. The van der Waals surface area contributed by atoms with Crippen molar-refractivity contribution >= 4 is 35.2 Å². The van der Waals surface area contributed by atoms with Crippen LogP contribution >= 0.6 is 11.8 Å². The second-order valence-electron chi connectivity index (χ2n) is 8.28. The summed E-state index contributed by atoms with van der Waals surface area (Å²) in [5.74, 6) is -3.15. The molecule has 34 heavy (non-hydrogen) atoms. The van der Waals surface area contributed by atoms with Crippen molar-refractivity contribution < 1.29 is 34.1 Å². The van der Waals surface area contributed by atoms with Crippen molar-refractivity contribution in [3.8, 4) is 17.2 Å². The second kappa shape index (κ2) is 9.19. The van der Waals surface area contributed by atoms with Gasteiger partial charge in [0.2, 0.25) is 11.8 Å². The fraction of sp³-hybridized carbons (Fsp3) is 0.375. The fourth-order valence-electron chi connectivity index (χ4n) is 4.97. The molecule has 0 aliphatic carbocycles. The highest BCUT2D eigenvalue weighted by atomic mass is 32.2. The van der Waals surface area contributed by atoms with E-state index in [1.807, 2.05) is 6.26 Å². The summed E-state index contributed by atoms with van der Waals surface area (Å²) < 4.78 is 10.3. The Kier molecular flexibility index (Phi) is 6.46. The lowest BCUT2D eigenvalue weighted by Gasteiger charge is -2.31. The van der Waals surface area contributed by atoms with Crippen molar-refractivity contribution in [3.63, 3.8) is 0 Å². The van der Waals surface area contributed by atoms with Gasteiger partial charge in [0.05, 0.1) is 31.7 Å². The molecule has 9 nitrogen and oxygen atoms in total. The van der Waals surface area contributed by atoms with Crippen LogP contribution in [0, 0.1) is 11.8 Å². The number of nitrogens with one attached hydrogen (secondary N) is 1. The monoisotopic (exact) mass is 486 g/mol. The number of phenolic OH excluding ortho intramolecular Hbond substituents is 1. The highest BCUT2D eigenvalue weighted by molar-refractivity contribution is 7.98. The summed E-state index contributed by atoms with van der Waals surface area (Å²) in [4.78, 5) is 41.1. The molecule has 2 aromatic carbocycles. The first-order chi connectivity index (χ1) is 16.3. The minimum absolute atomic E-state index is 0.132. The summed E-state index contributed by atoms with van der Waals surface area (Å²) in [7, 11) is 2.97. The number of aliphatic carboxylic acids is 1. The van der Waals surface area contributed by atoms with Crippen LogP contribution in [-0.4, -0.2) is 59.8 Å². The molecule has 0 spiro atoms. The average Bonchev–Trinajstić information content (AvgIpc) is 3.31. The molecule has 0 aromatic heterocycles. The van der Waals surface area contributed by atoms with E-state index in [4.69, 9.17) is 9.47 Å². The molecule has 2 amide bonds. The molecule has 3 N–H and O–H groups in total. The van der Waals surface area contributed by atoms with E-state index in [2.05, 4.69) is 5.32 Å². The summed E-state index contributed by atoms with van der Waals surface area (Å²) >= 11 is 1.45. The van der Waals surface area contributed by atoms with Gasteiger partial charge in [0.15, 0.2) is 0 Å². The van der Waals surface area contributed by atoms with Crippen LogP contribution in [0.15, 0.2) is 42.5 Å². The molecule has 2 aliphatic heterocycles. The van der Waals surface area contributed by atoms with Gasteiger partial charge in [0, 0.05) is 17.7 Å². The van der Waals surface area contributed by atoms with Crippen LogP contribution in [0.2, 0.25) is 0 Å². The first kappa shape index (κ1) is 23.9. The molecule has 2 aromatic rings. The molecule has 0 saturated carbocycles. The Bertz CT molecular complexity index is 1120. The van der Waals surface area contributed by atoms with Crippen molar-refractivity contribution in [3.05, 3.63) is 48.0 Å². The topological polar surface area (TPSA) is 125 Å². The zero-order chi connectivity index (χ0) is 24.6. The number of carboxylic acid groups (broad SMARTS) is 1. The number of thioether (sulfide) groups is 1. The van der Waals surface area contributed by atoms with E-state index in [0.29, 0.717) is 28.5 Å². The number of methoxy groups -OCH3 is 2. The van der Waals surface area contributed by atoms with E-state index >= 15 is 0 Å². The summed E-state index contributed by atoms with van der Waals surface area (Å²) in [6, 6.07) is 10.2. The number of anilines is 1. The molecule has 2 fully saturated rings. The van der Waals surface area contributed by atoms with Gasteiger partial charge < -0.3 is 19.7 Å². The molecule has 4 rings (SSSR count). The van der Waals surface area contributed by atoms with Gasteiger partial charge in [-0.2, -0.15) is 11.8 Å². The quantitative estimate of drug-likeness (QED) is 0.482. The number of rotatable bonds is 8. The lowest BCUT2D eigenvalue weighted by atomic mass is 9.78. The molecule has 2 aliphatic rings. The van der Waals surface area contributed by atoms with Gasteiger partial charge in [0.1, 0.15) is 22.8 Å². The van der Waals surface area contributed by atoms with E-state index < -0.39 is 41.2 Å². The molecule has 0 radical (unpaired) electrons. The van der Waals surface area contributed by atoms with Crippen LogP contribution in [0.5, 0.6) is 17.2 Å². The maximum absolute atomic E-state index is 13.7. The van der Waals surface area contributed by atoms with Gasteiger partial charge in [0.25, 0.3) is 0 Å². The maximum atomic E-state index is 13.7. The van der Waals surface area contributed by atoms with Crippen molar-refractivity contribution in [1.82, 2.24) is 5.32 Å². The van der Waals surface area contributed by atoms with Crippen LogP contribution < -0.4 is 19.7 Å². The standard InChI is InChI=1S/C24H26N2O7S/c1-32-14-6-4-13(5-7-14)26-21(28)18-19(22(26)29)24(23(30)31,10-11-34-3)25-20(18)16-9-8-15(33-2)12-17(16)27/h4-9,12,18-20,25,27H,10-11H2,1-3H3,(H,30,31)/t18-,19+,20-,24+/m0/s1. The number of ether oxygens (including phenoxy) is 2. The van der Waals surface area contributed by atoms with Gasteiger partial charge in [-0.3, -0.25) is 19.7 Å². The molecular formula is C24H26N2O7S. The third kappa shape index (κ3) is 3.67. The molecule has 2 heterocycles.